The van der Waals surface area contributed by atoms with Crippen molar-refractivity contribution >= 4 is 51.6 Å². The van der Waals surface area contributed by atoms with Crippen LogP contribution in [0.3, 0.4) is 0 Å². The third-order valence-electron chi connectivity index (χ3n) is 4.28. The Kier molecular flexibility index (Phi) is 6.03. The third-order valence-corrected chi connectivity index (χ3v) is 5.69. The van der Waals surface area contributed by atoms with Gasteiger partial charge < -0.3 is 10.1 Å². The van der Waals surface area contributed by atoms with Crippen LogP contribution in [0.2, 0.25) is 0 Å². The molecule has 27 heavy (non-hydrogen) atoms. The van der Waals surface area contributed by atoms with Gasteiger partial charge in [0.05, 0.1) is 12.7 Å². The first kappa shape index (κ1) is 19.3. The minimum atomic E-state index is -0.384. The summed E-state index contributed by atoms with van der Waals surface area (Å²) in [5.74, 6) is -0.720. The third kappa shape index (κ3) is 4.61. The minimum Gasteiger partial charge on any atom is -0.465 e. The number of hydrogen-bond donors (Lipinski definition) is 2. The fourth-order valence-electron chi connectivity index (χ4n) is 2.95. The van der Waals surface area contributed by atoms with Gasteiger partial charge >= 0.3 is 5.97 Å². The zero-order valence-corrected chi connectivity index (χ0v) is 16.8. The number of methoxy groups -OCH3 is 1. The molecule has 0 fully saturated rings. The SMILES string of the molecule is COC(=O)c1c(NC(=S)NC(=O)C=Cc2ccc(C)cc2)sc2c1CCC2. The van der Waals surface area contributed by atoms with Crippen LogP contribution >= 0.6 is 23.6 Å². The second-order valence-electron chi connectivity index (χ2n) is 6.24. The molecule has 0 radical (unpaired) electrons. The molecule has 1 aliphatic carbocycles. The summed E-state index contributed by atoms with van der Waals surface area (Å²) in [6.07, 6.45) is 5.99. The molecule has 1 aliphatic rings. The Hall–Kier alpha value is -2.51. The second kappa shape index (κ2) is 8.45. The summed E-state index contributed by atoms with van der Waals surface area (Å²) in [5.41, 5.74) is 3.65. The molecule has 1 heterocycles. The van der Waals surface area contributed by atoms with Gasteiger partial charge in [0.15, 0.2) is 5.11 Å². The first-order valence-corrected chi connectivity index (χ1v) is 9.80. The smallest absolute Gasteiger partial charge is 0.341 e. The zero-order valence-electron chi connectivity index (χ0n) is 15.1. The molecule has 2 aromatic rings. The van der Waals surface area contributed by atoms with Crippen LogP contribution in [0.4, 0.5) is 5.00 Å². The lowest BCUT2D eigenvalue weighted by atomic mass is 10.1. The Bertz CT molecular complexity index is 914. The fraction of sp³-hybridized carbons (Fsp3) is 0.250. The molecule has 0 saturated heterocycles. The number of hydrogen-bond acceptors (Lipinski definition) is 5. The van der Waals surface area contributed by atoms with Gasteiger partial charge in [-0.05, 0) is 55.6 Å². The Morgan fingerprint density at radius 3 is 2.67 bits per heavy atom. The molecule has 0 unspecified atom stereocenters. The summed E-state index contributed by atoms with van der Waals surface area (Å²) in [5, 5.41) is 6.36. The number of carbonyl (C=O) groups excluding carboxylic acids is 2. The lowest BCUT2D eigenvalue weighted by molar-refractivity contribution is -0.115. The number of esters is 1. The van der Waals surface area contributed by atoms with Gasteiger partial charge in [-0.3, -0.25) is 10.1 Å². The number of anilines is 1. The molecule has 0 spiro atoms. The van der Waals surface area contributed by atoms with E-state index < -0.39 is 0 Å². The number of rotatable bonds is 4. The maximum atomic E-state index is 12.1. The van der Waals surface area contributed by atoms with Crippen LogP contribution < -0.4 is 10.6 Å². The van der Waals surface area contributed by atoms with E-state index in [9.17, 15) is 9.59 Å². The lowest BCUT2D eigenvalue weighted by Gasteiger charge is -2.09. The van der Waals surface area contributed by atoms with Gasteiger partial charge in [0.25, 0.3) is 0 Å². The molecule has 2 N–H and O–H groups in total. The van der Waals surface area contributed by atoms with E-state index in [2.05, 4.69) is 10.6 Å². The van der Waals surface area contributed by atoms with Crippen molar-refractivity contribution in [2.24, 2.45) is 0 Å². The molecule has 1 amide bonds. The first-order valence-electron chi connectivity index (χ1n) is 8.57. The Labute approximate surface area is 167 Å². The van der Waals surface area contributed by atoms with Crippen LogP contribution in [0.15, 0.2) is 30.3 Å². The number of amides is 1. The highest BCUT2D eigenvalue weighted by atomic mass is 32.1. The van der Waals surface area contributed by atoms with E-state index in [1.54, 1.807) is 6.08 Å². The molecule has 1 aromatic heterocycles. The van der Waals surface area contributed by atoms with E-state index >= 15 is 0 Å². The van der Waals surface area contributed by atoms with Crippen molar-refractivity contribution in [3.8, 4) is 0 Å². The number of fused-ring (bicyclic) bond motifs is 1. The summed E-state index contributed by atoms with van der Waals surface area (Å²) in [6, 6.07) is 7.83. The van der Waals surface area contributed by atoms with Crippen molar-refractivity contribution in [3.05, 3.63) is 57.5 Å². The maximum Gasteiger partial charge on any atom is 0.341 e. The highest BCUT2D eigenvalue weighted by Gasteiger charge is 2.27. The van der Waals surface area contributed by atoms with E-state index in [0.29, 0.717) is 10.6 Å². The average Bonchev–Trinajstić information content (AvgIpc) is 3.21. The summed E-state index contributed by atoms with van der Waals surface area (Å²) in [4.78, 5) is 25.4. The Morgan fingerprint density at radius 1 is 1.22 bits per heavy atom. The lowest BCUT2D eigenvalue weighted by Crippen LogP contribution is -2.33. The highest BCUT2D eigenvalue weighted by Crippen LogP contribution is 2.39. The van der Waals surface area contributed by atoms with Crippen LogP contribution in [-0.2, 0) is 22.4 Å². The van der Waals surface area contributed by atoms with Gasteiger partial charge in [-0.25, -0.2) is 4.79 Å². The summed E-state index contributed by atoms with van der Waals surface area (Å²) in [7, 11) is 1.36. The van der Waals surface area contributed by atoms with E-state index in [-0.39, 0.29) is 17.0 Å². The first-order chi connectivity index (χ1) is 13.0. The molecule has 0 bridgehead atoms. The van der Waals surface area contributed by atoms with Crippen molar-refractivity contribution < 1.29 is 14.3 Å². The van der Waals surface area contributed by atoms with Crippen molar-refractivity contribution in [2.75, 3.05) is 12.4 Å². The zero-order chi connectivity index (χ0) is 19.4. The highest BCUT2D eigenvalue weighted by molar-refractivity contribution is 7.80. The van der Waals surface area contributed by atoms with E-state index in [4.69, 9.17) is 17.0 Å². The van der Waals surface area contributed by atoms with Gasteiger partial charge in [-0.15, -0.1) is 11.3 Å². The van der Waals surface area contributed by atoms with Gasteiger partial charge in [0.2, 0.25) is 5.91 Å². The van der Waals surface area contributed by atoms with Gasteiger partial charge in [0.1, 0.15) is 5.00 Å². The van der Waals surface area contributed by atoms with Gasteiger partial charge in [0, 0.05) is 11.0 Å². The predicted octanol–water partition coefficient (Wildman–Crippen LogP) is 3.86. The van der Waals surface area contributed by atoms with Crippen molar-refractivity contribution in [1.82, 2.24) is 5.32 Å². The van der Waals surface area contributed by atoms with Gasteiger partial charge in [-0.1, -0.05) is 29.8 Å². The van der Waals surface area contributed by atoms with Crippen molar-refractivity contribution in [1.29, 1.82) is 0 Å². The average molecular weight is 401 g/mol. The molecule has 0 saturated carbocycles. The van der Waals surface area contributed by atoms with Gasteiger partial charge in [-0.2, -0.15) is 0 Å². The topological polar surface area (TPSA) is 67.4 Å². The molecule has 7 heteroatoms. The standard InChI is InChI=1S/C20H20N2O3S2/c1-12-6-8-13(9-7-12)10-11-16(23)21-20(26)22-18-17(19(24)25-2)14-4-3-5-15(14)27-18/h6-11H,3-5H2,1-2H3,(H2,21,22,23,26). The summed E-state index contributed by atoms with van der Waals surface area (Å²) < 4.78 is 4.91. The fourth-order valence-corrected chi connectivity index (χ4v) is 4.50. The number of ether oxygens (including phenoxy) is 1. The quantitative estimate of drug-likeness (QED) is 0.463. The van der Waals surface area contributed by atoms with Crippen molar-refractivity contribution in [2.45, 2.75) is 26.2 Å². The second-order valence-corrected chi connectivity index (χ2v) is 7.75. The number of aryl methyl sites for hydroxylation is 2. The van der Waals surface area contributed by atoms with E-state index in [1.165, 1.54) is 29.4 Å². The molecule has 5 nitrogen and oxygen atoms in total. The molecule has 140 valence electrons. The Morgan fingerprint density at radius 2 is 1.96 bits per heavy atom. The van der Waals surface area contributed by atoms with Crippen LogP contribution in [0, 0.1) is 6.92 Å². The monoisotopic (exact) mass is 400 g/mol. The van der Waals surface area contributed by atoms with E-state index in [0.717, 1.165) is 36.0 Å². The molecule has 0 aliphatic heterocycles. The van der Waals surface area contributed by atoms with Crippen LogP contribution in [-0.4, -0.2) is 24.1 Å². The number of nitrogens with one attached hydrogen (secondary N) is 2. The largest absolute Gasteiger partial charge is 0.465 e. The number of carbonyl (C=O) groups is 2. The summed E-state index contributed by atoms with van der Waals surface area (Å²) in [6.45, 7) is 2.01. The minimum absolute atomic E-state index is 0.152. The van der Waals surface area contributed by atoms with Crippen molar-refractivity contribution in [3.63, 3.8) is 0 Å². The summed E-state index contributed by atoms with van der Waals surface area (Å²) >= 11 is 6.72. The molecular weight excluding hydrogens is 380 g/mol. The number of benzene rings is 1. The molecule has 0 atom stereocenters. The van der Waals surface area contributed by atoms with Crippen LogP contribution in [0.1, 0.15) is 38.3 Å². The Balaban J connectivity index is 1.65. The molecule has 3 rings (SSSR count). The van der Waals surface area contributed by atoms with Crippen LogP contribution in [0.5, 0.6) is 0 Å². The number of thiophene rings is 1. The number of thiocarbonyl (C=S) groups is 1. The van der Waals surface area contributed by atoms with E-state index in [1.807, 2.05) is 31.2 Å². The predicted molar refractivity (Wildman–Crippen MR) is 112 cm³/mol. The molecule has 1 aromatic carbocycles. The maximum absolute atomic E-state index is 12.1. The molecular formula is C20H20N2O3S2. The normalized spacial score (nSPS) is 12.7. The van der Waals surface area contributed by atoms with Crippen LogP contribution in [0.25, 0.3) is 6.08 Å².